The summed E-state index contributed by atoms with van der Waals surface area (Å²) in [6.45, 7) is 7.66. The number of nitrogens with zero attached hydrogens (tertiary/aromatic N) is 4. The number of rotatable bonds is 2. The number of hydrogen-bond acceptors (Lipinski definition) is 4. The van der Waals surface area contributed by atoms with Crippen molar-refractivity contribution in [3.63, 3.8) is 0 Å². The molecule has 0 radical (unpaired) electrons. The van der Waals surface area contributed by atoms with Gasteiger partial charge < -0.3 is 20.0 Å². The average molecular weight is 428 g/mol. The second-order valence-corrected chi connectivity index (χ2v) is 8.31. The number of anilines is 1. The first-order valence-electron chi connectivity index (χ1n) is 10.1. The minimum absolute atomic E-state index is 0.0104. The summed E-state index contributed by atoms with van der Waals surface area (Å²) in [6, 6.07) is 5.13. The van der Waals surface area contributed by atoms with Gasteiger partial charge in [0.05, 0.1) is 17.8 Å². The van der Waals surface area contributed by atoms with Gasteiger partial charge in [-0.25, -0.2) is 9.18 Å². The Labute approximate surface area is 179 Å². The zero-order chi connectivity index (χ0) is 22.3. The van der Waals surface area contributed by atoms with E-state index in [1.807, 2.05) is 13.8 Å². The van der Waals surface area contributed by atoms with E-state index in [1.165, 1.54) is 31.2 Å². The van der Waals surface area contributed by atoms with E-state index in [0.29, 0.717) is 44.1 Å². The molecule has 1 fully saturated rings. The van der Waals surface area contributed by atoms with Gasteiger partial charge in [-0.05, 0) is 38.1 Å². The van der Waals surface area contributed by atoms with Crippen molar-refractivity contribution in [2.75, 3.05) is 31.5 Å². The normalized spacial score (nSPS) is 17.5. The fourth-order valence-corrected chi connectivity index (χ4v) is 4.09. The van der Waals surface area contributed by atoms with Crippen LogP contribution < -0.4 is 5.32 Å². The number of benzene rings is 1. The lowest BCUT2D eigenvalue weighted by atomic mass is 10.0. The number of aromatic amines is 1. The highest BCUT2D eigenvalue weighted by Gasteiger charge is 2.45. The molecule has 2 aliphatic rings. The molecule has 10 heteroatoms. The number of carbonyl (C=O) groups excluding carboxylic acids is 3. The SMILES string of the molecule is CC(=O)N1CCN(C(=O)N2Cc3c(NC(=O)c4ccc(F)cc4)n[nH]c3C2(C)C)CC1. The number of carbonyl (C=O) groups is 3. The average Bonchev–Trinajstić information content (AvgIpc) is 3.26. The van der Waals surface area contributed by atoms with Gasteiger partial charge in [0.1, 0.15) is 5.82 Å². The van der Waals surface area contributed by atoms with E-state index in [0.717, 1.165) is 11.3 Å². The maximum absolute atomic E-state index is 13.2. The molecular weight excluding hydrogens is 403 g/mol. The van der Waals surface area contributed by atoms with Crippen molar-refractivity contribution in [2.45, 2.75) is 32.9 Å². The summed E-state index contributed by atoms with van der Waals surface area (Å²) in [5, 5.41) is 9.94. The molecule has 2 N–H and O–H groups in total. The highest BCUT2D eigenvalue weighted by molar-refractivity contribution is 6.04. The van der Waals surface area contributed by atoms with Crippen molar-refractivity contribution >= 4 is 23.7 Å². The number of nitrogens with one attached hydrogen (secondary N) is 2. The third-order valence-corrected chi connectivity index (χ3v) is 6.03. The van der Waals surface area contributed by atoms with Crippen molar-refractivity contribution in [3.8, 4) is 0 Å². The number of urea groups is 1. The number of piperazine rings is 1. The molecule has 0 aliphatic carbocycles. The first-order chi connectivity index (χ1) is 14.7. The van der Waals surface area contributed by atoms with Gasteiger partial charge in [-0.3, -0.25) is 14.7 Å². The van der Waals surface area contributed by atoms with Crippen molar-refractivity contribution in [1.82, 2.24) is 24.9 Å². The largest absolute Gasteiger partial charge is 0.339 e. The Bertz CT molecular complexity index is 1020. The van der Waals surface area contributed by atoms with Gasteiger partial charge >= 0.3 is 6.03 Å². The fraction of sp³-hybridized carbons (Fsp3) is 0.429. The Kier molecular flexibility index (Phi) is 5.16. The zero-order valence-corrected chi connectivity index (χ0v) is 17.7. The monoisotopic (exact) mass is 428 g/mol. The zero-order valence-electron chi connectivity index (χ0n) is 17.7. The Hall–Kier alpha value is -3.43. The van der Waals surface area contributed by atoms with Crippen molar-refractivity contribution in [2.24, 2.45) is 0 Å². The van der Waals surface area contributed by atoms with Crippen LogP contribution in [0.3, 0.4) is 0 Å². The van der Waals surface area contributed by atoms with Gasteiger partial charge in [0, 0.05) is 44.2 Å². The molecule has 31 heavy (non-hydrogen) atoms. The first kappa shape index (κ1) is 20.8. The summed E-state index contributed by atoms with van der Waals surface area (Å²) in [5.41, 5.74) is 1.18. The molecule has 1 aromatic carbocycles. The van der Waals surface area contributed by atoms with Crippen molar-refractivity contribution in [3.05, 3.63) is 46.9 Å². The predicted molar refractivity (Wildman–Crippen MR) is 111 cm³/mol. The van der Waals surface area contributed by atoms with Crippen LogP contribution in [0, 0.1) is 5.82 Å². The molecule has 0 unspecified atom stereocenters. The quantitative estimate of drug-likeness (QED) is 0.765. The van der Waals surface area contributed by atoms with Crippen molar-refractivity contribution in [1.29, 1.82) is 0 Å². The standard InChI is InChI=1S/C21H25FN6O3/c1-13(29)26-8-10-27(11-9-26)20(31)28-12-16-17(21(28,2)3)24-25-18(16)23-19(30)14-4-6-15(22)7-5-14/h4-7H,8-12H2,1-3H3,(H2,23,24,25,30). The van der Waals surface area contributed by atoms with Crippen LogP contribution in [0.1, 0.15) is 42.4 Å². The van der Waals surface area contributed by atoms with E-state index in [4.69, 9.17) is 0 Å². The summed E-state index contributed by atoms with van der Waals surface area (Å²) >= 11 is 0. The molecule has 1 saturated heterocycles. The summed E-state index contributed by atoms with van der Waals surface area (Å²) in [5.74, 6) is -0.459. The van der Waals surface area contributed by atoms with E-state index in [9.17, 15) is 18.8 Å². The number of amides is 4. The highest BCUT2D eigenvalue weighted by Crippen LogP contribution is 2.41. The molecule has 0 atom stereocenters. The Morgan fingerprint density at radius 2 is 1.68 bits per heavy atom. The Morgan fingerprint density at radius 3 is 2.29 bits per heavy atom. The van der Waals surface area contributed by atoms with Gasteiger partial charge in [0.15, 0.2) is 5.82 Å². The van der Waals surface area contributed by atoms with Crippen LogP contribution >= 0.6 is 0 Å². The molecule has 4 rings (SSSR count). The molecule has 9 nitrogen and oxygen atoms in total. The maximum atomic E-state index is 13.2. The smallest absolute Gasteiger partial charge is 0.321 e. The van der Waals surface area contributed by atoms with Crippen LogP contribution in [0.2, 0.25) is 0 Å². The molecular formula is C21H25FN6O3. The number of H-pyrrole nitrogens is 1. The minimum atomic E-state index is -0.643. The summed E-state index contributed by atoms with van der Waals surface area (Å²) in [4.78, 5) is 42.5. The minimum Gasteiger partial charge on any atom is -0.339 e. The number of halogens is 1. The van der Waals surface area contributed by atoms with Crippen LogP contribution in [0.15, 0.2) is 24.3 Å². The van der Waals surface area contributed by atoms with Crippen molar-refractivity contribution < 1.29 is 18.8 Å². The molecule has 164 valence electrons. The lowest BCUT2D eigenvalue weighted by molar-refractivity contribution is -0.130. The maximum Gasteiger partial charge on any atom is 0.321 e. The number of hydrogen-bond donors (Lipinski definition) is 2. The third kappa shape index (κ3) is 3.73. The van der Waals surface area contributed by atoms with Gasteiger partial charge in [0.2, 0.25) is 5.91 Å². The molecule has 0 saturated carbocycles. The summed E-state index contributed by atoms with van der Waals surface area (Å²) in [6.07, 6.45) is 0. The van der Waals surface area contributed by atoms with Gasteiger partial charge in [-0.15, -0.1) is 0 Å². The molecule has 3 heterocycles. The van der Waals surface area contributed by atoms with E-state index in [1.54, 1.807) is 14.7 Å². The Morgan fingerprint density at radius 1 is 1.06 bits per heavy atom. The second kappa shape index (κ2) is 7.68. The number of fused-ring (bicyclic) bond motifs is 1. The highest BCUT2D eigenvalue weighted by atomic mass is 19.1. The van der Waals surface area contributed by atoms with E-state index in [2.05, 4.69) is 15.5 Å². The third-order valence-electron chi connectivity index (χ3n) is 6.03. The van der Waals surface area contributed by atoms with E-state index in [-0.39, 0.29) is 11.9 Å². The van der Waals surface area contributed by atoms with E-state index >= 15 is 0 Å². The molecule has 0 bridgehead atoms. The van der Waals surface area contributed by atoms with Gasteiger partial charge in [-0.2, -0.15) is 5.10 Å². The van der Waals surface area contributed by atoms with Gasteiger partial charge in [-0.1, -0.05) is 0 Å². The molecule has 4 amide bonds. The van der Waals surface area contributed by atoms with E-state index < -0.39 is 17.3 Å². The second-order valence-electron chi connectivity index (χ2n) is 8.31. The fourth-order valence-electron chi connectivity index (χ4n) is 4.09. The molecule has 1 aromatic heterocycles. The predicted octanol–water partition coefficient (Wildman–Crippen LogP) is 2.14. The molecule has 2 aromatic rings. The van der Waals surface area contributed by atoms with Crippen LogP contribution in [-0.2, 0) is 16.9 Å². The summed E-state index contributed by atoms with van der Waals surface area (Å²) in [7, 11) is 0. The van der Waals surface area contributed by atoms with Crippen LogP contribution in [0.25, 0.3) is 0 Å². The lowest BCUT2D eigenvalue weighted by Gasteiger charge is -2.40. The molecule has 0 spiro atoms. The Balaban J connectivity index is 1.49. The van der Waals surface area contributed by atoms with Crippen LogP contribution in [0.5, 0.6) is 0 Å². The van der Waals surface area contributed by atoms with Crippen LogP contribution in [0.4, 0.5) is 15.0 Å². The first-order valence-corrected chi connectivity index (χ1v) is 10.1. The number of aromatic nitrogens is 2. The summed E-state index contributed by atoms with van der Waals surface area (Å²) < 4.78 is 13.1. The van der Waals surface area contributed by atoms with Gasteiger partial charge in [0.25, 0.3) is 5.91 Å². The van der Waals surface area contributed by atoms with Crippen LogP contribution in [-0.4, -0.2) is 68.9 Å². The topological polar surface area (TPSA) is 102 Å². The molecule has 2 aliphatic heterocycles. The lowest BCUT2D eigenvalue weighted by Crippen LogP contribution is -2.55.